The maximum absolute atomic E-state index is 13.6. The Hall–Kier alpha value is -2.49. The molecule has 9 heteroatoms. The first-order chi connectivity index (χ1) is 16.6. The first-order valence-electron chi connectivity index (χ1n) is 12.2. The van der Waals surface area contributed by atoms with E-state index in [1.165, 1.54) is 0 Å². The number of carbonyl (C=O) groups excluding carboxylic acids is 3. The number of rotatable bonds is 6. The molecule has 34 heavy (non-hydrogen) atoms. The van der Waals surface area contributed by atoms with E-state index in [1.54, 1.807) is 0 Å². The minimum Gasteiger partial charge on any atom is -0.455 e. The van der Waals surface area contributed by atoms with E-state index >= 15 is 0 Å². The van der Waals surface area contributed by atoms with Gasteiger partial charge in [0, 0.05) is 13.1 Å². The second-order valence-corrected chi connectivity index (χ2v) is 9.85. The number of fused-ring (bicyclic) bond motifs is 1. The molecule has 0 amide bonds. The van der Waals surface area contributed by atoms with Crippen LogP contribution in [0.25, 0.3) is 0 Å². The van der Waals surface area contributed by atoms with E-state index < -0.39 is 59.8 Å². The Balaban J connectivity index is 1.19. The Morgan fingerprint density at radius 1 is 1.03 bits per heavy atom. The minimum atomic E-state index is -0.848. The predicted octanol–water partition coefficient (Wildman–Crippen LogP) is 1.18. The minimum absolute atomic E-state index is 0.119. The molecule has 4 heterocycles. The standard InChI is InChI=1S/C25H29NO8/c27-16(14-26-10-12-30-13-11-26)31-21-20-18(17-19(32-20)22(21)33-23(17)28)24(29)34-25(8-4-5-9-25)15-6-2-1-3-7-15/h1-3,6-7,17-22H,4-5,8-14H2. The van der Waals surface area contributed by atoms with Crippen LogP contribution in [-0.2, 0) is 43.7 Å². The number of ether oxygens (including phenoxy) is 5. The van der Waals surface area contributed by atoms with Gasteiger partial charge in [-0.3, -0.25) is 19.3 Å². The third kappa shape index (κ3) is 3.61. The number of nitrogens with zero attached hydrogens (tertiary/aromatic N) is 1. The van der Waals surface area contributed by atoms with Crippen molar-refractivity contribution in [1.82, 2.24) is 4.90 Å². The molecule has 5 fully saturated rings. The Bertz CT molecular complexity index is 955. The van der Waals surface area contributed by atoms with Gasteiger partial charge in [-0.1, -0.05) is 30.3 Å². The fraction of sp³-hybridized carbons (Fsp3) is 0.640. The summed E-state index contributed by atoms with van der Waals surface area (Å²) < 4.78 is 28.8. The van der Waals surface area contributed by atoms with Gasteiger partial charge >= 0.3 is 17.9 Å². The van der Waals surface area contributed by atoms with Gasteiger partial charge in [-0.25, -0.2) is 0 Å². The molecule has 4 aliphatic heterocycles. The predicted molar refractivity (Wildman–Crippen MR) is 115 cm³/mol. The van der Waals surface area contributed by atoms with Crippen LogP contribution in [0.1, 0.15) is 31.2 Å². The molecular formula is C25H29NO8. The second-order valence-electron chi connectivity index (χ2n) is 9.85. The smallest absolute Gasteiger partial charge is 0.320 e. The first kappa shape index (κ1) is 22.0. The van der Waals surface area contributed by atoms with Crippen LogP contribution in [0.4, 0.5) is 0 Å². The van der Waals surface area contributed by atoms with Crippen molar-refractivity contribution in [3.05, 3.63) is 35.9 Å². The molecule has 4 saturated heterocycles. The number of benzene rings is 1. The van der Waals surface area contributed by atoms with Crippen LogP contribution in [0.15, 0.2) is 30.3 Å². The van der Waals surface area contributed by atoms with Crippen LogP contribution >= 0.6 is 0 Å². The number of morpholine rings is 1. The fourth-order valence-corrected chi connectivity index (χ4v) is 6.27. The van der Waals surface area contributed by atoms with Crippen LogP contribution in [0, 0.1) is 11.8 Å². The molecule has 1 aromatic carbocycles. The molecule has 1 aromatic rings. The molecule has 1 saturated carbocycles. The van der Waals surface area contributed by atoms with Gasteiger partial charge in [-0.05, 0) is 31.2 Å². The summed E-state index contributed by atoms with van der Waals surface area (Å²) >= 11 is 0. The molecule has 0 aromatic heterocycles. The van der Waals surface area contributed by atoms with E-state index in [0.29, 0.717) is 26.3 Å². The van der Waals surface area contributed by atoms with Gasteiger partial charge < -0.3 is 23.7 Å². The van der Waals surface area contributed by atoms with Crippen molar-refractivity contribution in [1.29, 1.82) is 0 Å². The van der Waals surface area contributed by atoms with Gasteiger partial charge in [-0.2, -0.15) is 0 Å². The van der Waals surface area contributed by atoms with Crippen molar-refractivity contribution in [3.63, 3.8) is 0 Å². The monoisotopic (exact) mass is 471 g/mol. The van der Waals surface area contributed by atoms with Crippen molar-refractivity contribution >= 4 is 17.9 Å². The van der Waals surface area contributed by atoms with Gasteiger partial charge in [0.15, 0.2) is 12.2 Å². The lowest BCUT2D eigenvalue weighted by molar-refractivity contribution is -0.174. The zero-order chi connectivity index (χ0) is 23.3. The van der Waals surface area contributed by atoms with E-state index in [2.05, 4.69) is 0 Å². The molecule has 0 N–H and O–H groups in total. The Kier molecular flexibility index (Phi) is 5.58. The Morgan fingerprint density at radius 2 is 1.76 bits per heavy atom. The summed E-state index contributed by atoms with van der Waals surface area (Å²) in [7, 11) is 0. The fourth-order valence-electron chi connectivity index (χ4n) is 6.27. The van der Waals surface area contributed by atoms with Crippen molar-refractivity contribution < 1.29 is 38.1 Å². The first-order valence-corrected chi connectivity index (χ1v) is 12.2. The third-order valence-corrected chi connectivity index (χ3v) is 7.91. The second kappa shape index (κ2) is 8.62. The molecule has 1 aliphatic carbocycles. The number of carbonyl (C=O) groups is 3. The quantitative estimate of drug-likeness (QED) is 0.447. The van der Waals surface area contributed by atoms with Gasteiger partial charge in [-0.15, -0.1) is 0 Å². The van der Waals surface area contributed by atoms with E-state index in [0.717, 1.165) is 31.2 Å². The van der Waals surface area contributed by atoms with E-state index in [9.17, 15) is 14.4 Å². The maximum atomic E-state index is 13.6. The lowest BCUT2D eigenvalue weighted by Gasteiger charge is -2.34. The summed E-state index contributed by atoms with van der Waals surface area (Å²) in [6, 6.07) is 9.76. The molecule has 0 spiro atoms. The Morgan fingerprint density at radius 3 is 2.50 bits per heavy atom. The lowest BCUT2D eigenvalue weighted by Crippen LogP contribution is -2.50. The molecule has 6 unspecified atom stereocenters. The van der Waals surface area contributed by atoms with Crippen LogP contribution in [0.5, 0.6) is 0 Å². The summed E-state index contributed by atoms with van der Waals surface area (Å²) in [6.07, 6.45) is 0.578. The van der Waals surface area contributed by atoms with Crippen molar-refractivity contribution in [3.8, 4) is 0 Å². The van der Waals surface area contributed by atoms with Crippen LogP contribution in [0.3, 0.4) is 0 Å². The Labute approximate surface area is 197 Å². The highest BCUT2D eigenvalue weighted by molar-refractivity contribution is 5.87. The van der Waals surface area contributed by atoms with Gasteiger partial charge in [0.25, 0.3) is 0 Å². The normalized spacial score (nSPS) is 35.8. The van der Waals surface area contributed by atoms with Crippen molar-refractivity contribution in [2.75, 3.05) is 32.8 Å². The largest absolute Gasteiger partial charge is 0.455 e. The van der Waals surface area contributed by atoms with E-state index in [4.69, 9.17) is 23.7 Å². The lowest BCUT2D eigenvalue weighted by atomic mass is 9.78. The summed E-state index contributed by atoms with van der Waals surface area (Å²) in [5.41, 5.74) is 0.259. The van der Waals surface area contributed by atoms with Gasteiger partial charge in [0.1, 0.15) is 29.6 Å². The number of hydrogen-bond acceptors (Lipinski definition) is 9. The summed E-state index contributed by atoms with van der Waals surface area (Å²) in [6.45, 7) is 2.57. The number of esters is 3. The zero-order valence-electron chi connectivity index (χ0n) is 18.9. The average molecular weight is 472 g/mol. The van der Waals surface area contributed by atoms with Crippen molar-refractivity contribution in [2.45, 2.75) is 55.7 Å². The highest BCUT2D eigenvalue weighted by Gasteiger charge is 2.72. The molecular weight excluding hydrogens is 442 g/mol. The SMILES string of the molecule is O=C(CN1CCOCC1)OC1C2OC(=O)C3C2OC1C3C(=O)OC1(c2ccccc2)CCCC1. The van der Waals surface area contributed by atoms with Crippen LogP contribution < -0.4 is 0 Å². The van der Waals surface area contributed by atoms with Crippen LogP contribution in [0.2, 0.25) is 0 Å². The molecule has 6 rings (SSSR count). The van der Waals surface area contributed by atoms with Crippen LogP contribution in [-0.4, -0.2) is 80.1 Å². The molecule has 2 bridgehead atoms. The average Bonchev–Trinajstić information content (AvgIpc) is 3.59. The van der Waals surface area contributed by atoms with Gasteiger partial charge in [0.2, 0.25) is 0 Å². The summed E-state index contributed by atoms with van der Waals surface area (Å²) in [4.78, 5) is 40.9. The topological polar surface area (TPSA) is 101 Å². The summed E-state index contributed by atoms with van der Waals surface area (Å²) in [5, 5.41) is 0. The maximum Gasteiger partial charge on any atom is 0.320 e. The molecule has 5 aliphatic rings. The van der Waals surface area contributed by atoms with Gasteiger partial charge in [0.05, 0.1) is 19.8 Å². The highest BCUT2D eigenvalue weighted by Crippen LogP contribution is 2.53. The molecule has 9 nitrogen and oxygen atoms in total. The highest BCUT2D eigenvalue weighted by atomic mass is 16.7. The molecule has 0 radical (unpaired) electrons. The van der Waals surface area contributed by atoms with E-state index in [-0.39, 0.29) is 6.54 Å². The van der Waals surface area contributed by atoms with E-state index in [1.807, 2.05) is 35.2 Å². The molecule has 182 valence electrons. The summed E-state index contributed by atoms with van der Waals surface area (Å²) in [5.74, 6) is -2.95. The van der Waals surface area contributed by atoms with Crippen molar-refractivity contribution in [2.24, 2.45) is 11.8 Å². The number of hydrogen-bond donors (Lipinski definition) is 0. The zero-order valence-corrected chi connectivity index (χ0v) is 18.9. The third-order valence-electron chi connectivity index (χ3n) is 7.91. The molecule has 6 atom stereocenters.